The topological polar surface area (TPSA) is 9.23 Å². The normalized spacial score (nSPS) is 10.9. The van der Waals surface area contributed by atoms with Gasteiger partial charge in [-0.3, -0.25) is 0 Å². The van der Waals surface area contributed by atoms with Crippen LogP contribution in [0, 0.1) is 6.92 Å². The maximum absolute atomic E-state index is 5.27. The molecule has 0 aliphatic rings. The van der Waals surface area contributed by atoms with Crippen LogP contribution in [0.2, 0.25) is 0 Å². The molecule has 0 aliphatic carbocycles. The zero-order valence-corrected chi connectivity index (χ0v) is 10.0. The number of fused-ring (bicyclic) bond motifs is 3. The maximum atomic E-state index is 5.27. The van der Waals surface area contributed by atoms with Crippen molar-refractivity contribution in [3.63, 3.8) is 0 Å². The molecule has 0 saturated heterocycles. The zero-order chi connectivity index (χ0) is 11.8. The van der Waals surface area contributed by atoms with Gasteiger partial charge in [0.15, 0.2) is 0 Å². The molecule has 1 nitrogen and oxygen atoms in total. The Hall–Kier alpha value is -2.02. The molecular weight excluding hydrogens is 208 g/mol. The van der Waals surface area contributed by atoms with Crippen LogP contribution in [0.15, 0.2) is 48.5 Å². The highest BCUT2D eigenvalue weighted by atomic mass is 16.5. The van der Waals surface area contributed by atoms with Crippen LogP contribution >= 0.6 is 0 Å². The molecule has 84 valence electrons. The first-order chi connectivity index (χ1) is 8.29. The fraction of sp³-hybridized carbons (Fsp3) is 0.125. The summed E-state index contributed by atoms with van der Waals surface area (Å²) >= 11 is 0. The average Bonchev–Trinajstić information content (AvgIpc) is 2.38. The minimum absolute atomic E-state index is 0.909. The van der Waals surface area contributed by atoms with Crippen LogP contribution in [0.5, 0.6) is 5.75 Å². The standard InChI is InChI=1S/C16H14O/c1-11-9-12-10-13(17-2)7-8-15(12)16-6-4-3-5-14(11)16/h3-10H,1-2H3. The van der Waals surface area contributed by atoms with Crippen LogP contribution in [0.4, 0.5) is 0 Å². The Labute approximate surface area is 101 Å². The second-order valence-electron chi connectivity index (χ2n) is 4.33. The molecule has 0 atom stereocenters. The third-order valence-corrected chi connectivity index (χ3v) is 3.27. The molecule has 0 aliphatic heterocycles. The van der Waals surface area contributed by atoms with Gasteiger partial charge in [-0.05, 0) is 46.2 Å². The molecule has 0 spiro atoms. The summed E-state index contributed by atoms with van der Waals surface area (Å²) in [6.07, 6.45) is 0. The number of methoxy groups -OCH3 is 1. The molecular formula is C16H14O. The van der Waals surface area contributed by atoms with E-state index in [2.05, 4.69) is 49.4 Å². The van der Waals surface area contributed by atoms with E-state index < -0.39 is 0 Å². The Morgan fingerprint density at radius 1 is 0.824 bits per heavy atom. The van der Waals surface area contributed by atoms with Crippen LogP contribution < -0.4 is 4.74 Å². The first-order valence-corrected chi connectivity index (χ1v) is 5.76. The van der Waals surface area contributed by atoms with Crippen LogP contribution in [-0.4, -0.2) is 7.11 Å². The lowest BCUT2D eigenvalue weighted by Crippen LogP contribution is -1.85. The molecule has 0 fully saturated rings. The Bertz CT molecular complexity index is 698. The van der Waals surface area contributed by atoms with Gasteiger partial charge in [-0.15, -0.1) is 0 Å². The molecule has 0 N–H and O–H groups in total. The van der Waals surface area contributed by atoms with Crippen molar-refractivity contribution in [2.45, 2.75) is 6.92 Å². The van der Waals surface area contributed by atoms with Crippen LogP contribution in [0.1, 0.15) is 5.56 Å². The Morgan fingerprint density at radius 2 is 1.59 bits per heavy atom. The molecule has 0 radical (unpaired) electrons. The van der Waals surface area contributed by atoms with Crippen molar-refractivity contribution < 1.29 is 4.74 Å². The molecule has 3 rings (SSSR count). The average molecular weight is 222 g/mol. The lowest BCUT2D eigenvalue weighted by molar-refractivity contribution is 0.415. The van der Waals surface area contributed by atoms with Gasteiger partial charge in [-0.25, -0.2) is 0 Å². The van der Waals surface area contributed by atoms with Crippen molar-refractivity contribution in [3.05, 3.63) is 54.1 Å². The summed E-state index contributed by atoms with van der Waals surface area (Å²) in [4.78, 5) is 0. The van der Waals surface area contributed by atoms with E-state index >= 15 is 0 Å². The minimum atomic E-state index is 0.909. The van der Waals surface area contributed by atoms with E-state index in [0.717, 1.165) is 5.75 Å². The van der Waals surface area contributed by atoms with Crippen molar-refractivity contribution >= 4 is 21.5 Å². The van der Waals surface area contributed by atoms with Gasteiger partial charge < -0.3 is 4.74 Å². The lowest BCUT2D eigenvalue weighted by atomic mass is 9.98. The predicted molar refractivity (Wildman–Crippen MR) is 72.7 cm³/mol. The van der Waals surface area contributed by atoms with Gasteiger partial charge in [-0.1, -0.05) is 36.4 Å². The number of hydrogen-bond acceptors (Lipinski definition) is 1. The molecule has 0 aromatic heterocycles. The fourth-order valence-corrected chi connectivity index (χ4v) is 2.41. The molecule has 17 heavy (non-hydrogen) atoms. The minimum Gasteiger partial charge on any atom is -0.497 e. The van der Waals surface area contributed by atoms with E-state index in [9.17, 15) is 0 Å². The summed E-state index contributed by atoms with van der Waals surface area (Å²) in [7, 11) is 1.70. The highest BCUT2D eigenvalue weighted by Crippen LogP contribution is 2.30. The van der Waals surface area contributed by atoms with Crippen molar-refractivity contribution in [1.82, 2.24) is 0 Å². The van der Waals surface area contributed by atoms with E-state index in [4.69, 9.17) is 4.74 Å². The quantitative estimate of drug-likeness (QED) is 0.557. The Morgan fingerprint density at radius 3 is 2.35 bits per heavy atom. The predicted octanol–water partition coefficient (Wildman–Crippen LogP) is 4.31. The number of hydrogen-bond donors (Lipinski definition) is 0. The Kier molecular flexibility index (Phi) is 2.25. The summed E-state index contributed by atoms with van der Waals surface area (Å²) in [5.41, 5.74) is 1.31. The number of benzene rings is 3. The van der Waals surface area contributed by atoms with Gasteiger partial charge in [0.2, 0.25) is 0 Å². The molecule has 3 aromatic rings. The van der Waals surface area contributed by atoms with E-state index in [0.29, 0.717) is 0 Å². The first-order valence-electron chi connectivity index (χ1n) is 5.76. The van der Waals surface area contributed by atoms with Crippen LogP contribution in [0.3, 0.4) is 0 Å². The monoisotopic (exact) mass is 222 g/mol. The van der Waals surface area contributed by atoms with Crippen LogP contribution in [0.25, 0.3) is 21.5 Å². The SMILES string of the molecule is COc1ccc2c(c1)cc(C)c1ccccc12. The highest BCUT2D eigenvalue weighted by molar-refractivity contribution is 6.09. The summed E-state index contributed by atoms with van der Waals surface area (Å²) in [5.74, 6) is 0.909. The second kappa shape index (κ2) is 3.77. The molecule has 1 heteroatoms. The van der Waals surface area contributed by atoms with Crippen molar-refractivity contribution in [2.24, 2.45) is 0 Å². The summed E-state index contributed by atoms with van der Waals surface area (Å²) in [6.45, 7) is 2.15. The highest BCUT2D eigenvalue weighted by Gasteiger charge is 2.04. The van der Waals surface area contributed by atoms with Gasteiger partial charge in [0.05, 0.1) is 7.11 Å². The summed E-state index contributed by atoms with van der Waals surface area (Å²) < 4.78 is 5.27. The van der Waals surface area contributed by atoms with Gasteiger partial charge >= 0.3 is 0 Å². The Balaban J connectivity index is 2.48. The third kappa shape index (κ3) is 1.55. The van der Waals surface area contributed by atoms with Crippen molar-refractivity contribution in [3.8, 4) is 5.75 Å². The second-order valence-corrected chi connectivity index (χ2v) is 4.33. The first kappa shape index (κ1) is 10.2. The van der Waals surface area contributed by atoms with Crippen LogP contribution in [-0.2, 0) is 0 Å². The molecule has 0 heterocycles. The smallest absolute Gasteiger partial charge is 0.119 e. The number of aryl methyl sites for hydroxylation is 1. The van der Waals surface area contributed by atoms with E-state index in [1.54, 1.807) is 7.11 Å². The van der Waals surface area contributed by atoms with Gasteiger partial charge in [0.25, 0.3) is 0 Å². The summed E-state index contributed by atoms with van der Waals surface area (Å²) in [5, 5.41) is 5.16. The van der Waals surface area contributed by atoms with E-state index in [1.165, 1.54) is 27.1 Å². The van der Waals surface area contributed by atoms with Gasteiger partial charge in [-0.2, -0.15) is 0 Å². The fourth-order valence-electron chi connectivity index (χ4n) is 2.41. The van der Waals surface area contributed by atoms with E-state index in [-0.39, 0.29) is 0 Å². The van der Waals surface area contributed by atoms with Gasteiger partial charge in [0.1, 0.15) is 5.75 Å². The van der Waals surface area contributed by atoms with Crippen molar-refractivity contribution in [1.29, 1.82) is 0 Å². The number of ether oxygens (including phenoxy) is 1. The summed E-state index contributed by atoms with van der Waals surface area (Å²) in [6, 6.07) is 17.0. The largest absolute Gasteiger partial charge is 0.497 e. The number of rotatable bonds is 1. The van der Waals surface area contributed by atoms with E-state index in [1.807, 2.05) is 6.07 Å². The lowest BCUT2D eigenvalue weighted by Gasteiger charge is -2.08. The molecule has 3 aromatic carbocycles. The molecule has 0 unspecified atom stereocenters. The molecule has 0 amide bonds. The zero-order valence-electron chi connectivity index (χ0n) is 10.0. The maximum Gasteiger partial charge on any atom is 0.119 e. The third-order valence-electron chi connectivity index (χ3n) is 3.27. The van der Waals surface area contributed by atoms with Gasteiger partial charge in [0, 0.05) is 0 Å². The molecule has 0 saturated carbocycles. The van der Waals surface area contributed by atoms with Crippen molar-refractivity contribution in [2.75, 3.05) is 7.11 Å². The molecule has 0 bridgehead atoms.